The number of anilines is 2. The number of hydrogen-bond acceptors (Lipinski definition) is 3. The molecule has 1 N–H and O–H groups in total. The molecule has 2 aromatic rings. The Bertz CT molecular complexity index is 649. The Balaban J connectivity index is 2.46. The van der Waals surface area contributed by atoms with Gasteiger partial charge in [-0.2, -0.15) is 18.2 Å². The van der Waals surface area contributed by atoms with E-state index in [1.165, 1.54) is 18.3 Å². The summed E-state index contributed by atoms with van der Waals surface area (Å²) in [7, 11) is 0. The van der Waals surface area contributed by atoms with Gasteiger partial charge in [-0.05, 0) is 45.7 Å². The lowest BCUT2D eigenvalue weighted by atomic mass is 10.1. The van der Waals surface area contributed by atoms with Crippen LogP contribution in [-0.4, -0.2) is 9.97 Å². The van der Waals surface area contributed by atoms with Crippen LogP contribution >= 0.6 is 39.1 Å². The van der Waals surface area contributed by atoms with Gasteiger partial charge in [-0.15, -0.1) is 0 Å². The maximum atomic E-state index is 12.9. The first kappa shape index (κ1) is 15.3. The number of hydrogen-bond donors (Lipinski definition) is 1. The molecule has 0 atom stereocenters. The maximum Gasteiger partial charge on any atom is 0.418 e. The summed E-state index contributed by atoms with van der Waals surface area (Å²) >= 11 is 14.3. The average molecular weight is 387 g/mol. The van der Waals surface area contributed by atoms with Gasteiger partial charge in [0.15, 0.2) is 0 Å². The monoisotopic (exact) mass is 385 g/mol. The second-order valence-corrected chi connectivity index (χ2v) is 5.28. The van der Waals surface area contributed by atoms with E-state index in [4.69, 9.17) is 23.2 Å². The Kier molecular flexibility index (Phi) is 4.41. The first-order valence-corrected chi connectivity index (χ1v) is 6.64. The van der Waals surface area contributed by atoms with Crippen LogP contribution in [0.1, 0.15) is 5.56 Å². The fourth-order valence-electron chi connectivity index (χ4n) is 1.42. The van der Waals surface area contributed by atoms with Crippen LogP contribution in [0.3, 0.4) is 0 Å². The molecular weight excluding hydrogens is 382 g/mol. The summed E-state index contributed by atoms with van der Waals surface area (Å²) in [4.78, 5) is 7.50. The van der Waals surface area contributed by atoms with Gasteiger partial charge in [0, 0.05) is 11.2 Å². The van der Waals surface area contributed by atoms with Crippen molar-refractivity contribution in [1.82, 2.24) is 9.97 Å². The normalized spacial score (nSPS) is 11.5. The Morgan fingerprint density at radius 3 is 2.55 bits per heavy atom. The summed E-state index contributed by atoms with van der Waals surface area (Å²) in [5.41, 5.74) is -1.08. The molecule has 0 aliphatic carbocycles. The Morgan fingerprint density at radius 2 is 1.90 bits per heavy atom. The van der Waals surface area contributed by atoms with Crippen LogP contribution in [0.25, 0.3) is 0 Å². The quantitative estimate of drug-likeness (QED) is 0.711. The number of halogens is 6. The van der Waals surface area contributed by atoms with Crippen LogP contribution in [-0.2, 0) is 6.18 Å². The van der Waals surface area contributed by atoms with Crippen molar-refractivity contribution in [3.8, 4) is 0 Å². The molecule has 0 spiro atoms. The highest BCUT2D eigenvalue weighted by atomic mass is 79.9. The van der Waals surface area contributed by atoms with Crippen molar-refractivity contribution in [3.63, 3.8) is 0 Å². The second kappa shape index (κ2) is 5.75. The summed E-state index contributed by atoms with van der Waals surface area (Å²) in [5.74, 6) is 0.123. The van der Waals surface area contributed by atoms with Crippen LogP contribution in [0.5, 0.6) is 0 Å². The zero-order chi connectivity index (χ0) is 14.9. The molecule has 0 aliphatic heterocycles. The van der Waals surface area contributed by atoms with E-state index in [0.717, 1.165) is 6.07 Å². The third-order valence-corrected chi connectivity index (χ3v) is 3.25. The molecule has 106 valence electrons. The number of nitrogens with zero attached hydrogens (tertiary/aromatic N) is 2. The van der Waals surface area contributed by atoms with E-state index in [-0.39, 0.29) is 21.8 Å². The lowest BCUT2D eigenvalue weighted by Gasteiger charge is -2.15. The summed E-state index contributed by atoms with van der Waals surface area (Å²) in [6, 6.07) is 3.39. The Hall–Kier alpha value is -1.05. The molecule has 3 nitrogen and oxygen atoms in total. The van der Waals surface area contributed by atoms with Crippen molar-refractivity contribution in [2.24, 2.45) is 0 Å². The minimum Gasteiger partial charge on any atom is -0.339 e. The number of rotatable bonds is 2. The summed E-state index contributed by atoms with van der Waals surface area (Å²) in [6.07, 6.45) is -3.21. The average Bonchev–Trinajstić information content (AvgIpc) is 2.34. The molecule has 0 aliphatic rings. The Morgan fingerprint density at radius 1 is 1.20 bits per heavy atom. The van der Waals surface area contributed by atoms with E-state index in [2.05, 4.69) is 31.2 Å². The molecule has 0 radical (unpaired) electrons. The molecular formula is C11H5BrCl2F3N3. The van der Waals surface area contributed by atoms with Crippen molar-refractivity contribution in [2.45, 2.75) is 6.18 Å². The highest BCUT2D eigenvalue weighted by Gasteiger charge is 2.34. The molecule has 1 heterocycles. The molecule has 20 heavy (non-hydrogen) atoms. The van der Waals surface area contributed by atoms with Crippen LogP contribution in [0.4, 0.5) is 24.7 Å². The number of aromatic nitrogens is 2. The molecule has 0 fully saturated rings. The van der Waals surface area contributed by atoms with Gasteiger partial charge in [0.05, 0.1) is 15.7 Å². The molecule has 0 saturated carbocycles. The van der Waals surface area contributed by atoms with Gasteiger partial charge in [-0.1, -0.05) is 11.6 Å². The number of alkyl halides is 3. The summed E-state index contributed by atoms with van der Waals surface area (Å²) in [5, 5.41) is 2.46. The SMILES string of the molecule is FC(F)(F)c1cc(Cl)ccc1Nc1nc(Cl)ncc1Br. The van der Waals surface area contributed by atoms with Crippen LogP contribution in [0.15, 0.2) is 28.9 Å². The zero-order valence-corrected chi connectivity index (χ0v) is 12.6. The molecule has 0 unspecified atom stereocenters. The van der Waals surface area contributed by atoms with E-state index in [9.17, 15) is 13.2 Å². The zero-order valence-electron chi connectivity index (χ0n) is 9.47. The van der Waals surface area contributed by atoms with Gasteiger partial charge in [-0.3, -0.25) is 0 Å². The molecule has 1 aromatic heterocycles. The lowest BCUT2D eigenvalue weighted by molar-refractivity contribution is -0.136. The minimum absolute atomic E-state index is 0.0114. The number of benzene rings is 1. The van der Waals surface area contributed by atoms with E-state index in [1.807, 2.05) is 0 Å². The molecule has 0 bridgehead atoms. The topological polar surface area (TPSA) is 37.8 Å². The molecule has 9 heteroatoms. The van der Waals surface area contributed by atoms with Crippen LogP contribution in [0, 0.1) is 0 Å². The smallest absolute Gasteiger partial charge is 0.339 e. The largest absolute Gasteiger partial charge is 0.418 e. The third kappa shape index (κ3) is 3.53. The van der Waals surface area contributed by atoms with Crippen molar-refractivity contribution in [1.29, 1.82) is 0 Å². The fourth-order valence-corrected chi connectivity index (χ4v) is 2.02. The van der Waals surface area contributed by atoms with E-state index < -0.39 is 11.7 Å². The van der Waals surface area contributed by atoms with Gasteiger partial charge in [-0.25, -0.2) is 4.98 Å². The second-order valence-electron chi connectivity index (χ2n) is 3.65. The fraction of sp³-hybridized carbons (Fsp3) is 0.0909. The van der Waals surface area contributed by atoms with Gasteiger partial charge in [0.1, 0.15) is 5.82 Å². The minimum atomic E-state index is -4.55. The van der Waals surface area contributed by atoms with Gasteiger partial charge < -0.3 is 5.32 Å². The van der Waals surface area contributed by atoms with Crippen LogP contribution < -0.4 is 5.32 Å². The molecule has 1 aromatic carbocycles. The van der Waals surface area contributed by atoms with Crippen molar-refractivity contribution >= 4 is 50.6 Å². The van der Waals surface area contributed by atoms with Crippen LogP contribution in [0.2, 0.25) is 10.3 Å². The molecule has 2 rings (SSSR count). The molecule has 0 amide bonds. The first-order valence-electron chi connectivity index (χ1n) is 5.09. The predicted molar refractivity (Wildman–Crippen MR) is 74.5 cm³/mol. The third-order valence-electron chi connectivity index (χ3n) is 2.25. The van der Waals surface area contributed by atoms with E-state index in [0.29, 0.717) is 4.47 Å². The highest BCUT2D eigenvalue weighted by molar-refractivity contribution is 9.10. The van der Waals surface area contributed by atoms with Gasteiger partial charge >= 0.3 is 6.18 Å². The van der Waals surface area contributed by atoms with E-state index >= 15 is 0 Å². The van der Waals surface area contributed by atoms with Crippen molar-refractivity contribution in [3.05, 3.63) is 44.7 Å². The molecule has 0 saturated heterocycles. The highest BCUT2D eigenvalue weighted by Crippen LogP contribution is 2.38. The summed E-state index contributed by atoms with van der Waals surface area (Å²) in [6.45, 7) is 0. The predicted octanol–water partition coefficient (Wildman–Crippen LogP) is 5.31. The first-order chi connectivity index (χ1) is 9.27. The lowest BCUT2D eigenvalue weighted by Crippen LogP contribution is -2.09. The van der Waals surface area contributed by atoms with Crippen molar-refractivity contribution in [2.75, 3.05) is 5.32 Å². The van der Waals surface area contributed by atoms with Gasteiger partial charge in [0.2, 0.25) is 5.28 Å². The van der Waals surface area contributed by atoms with E-state index in [1.54, 1.807) is 0 Å². The van der Waals surface area contributed by atoms with Gasteiger partial charge in [0.25, 0.3) is 0 Å². The standard InChI is InChI=1S/C11H5BrCl2F3N3/c12-7-4-18-10(14)20-9(7)19-8-2-1-5(13)3-6(8)11(15,16)17/h1-4H,(H,18,19,20). The maximum absolute atomic E-state index is 12.9. The summed E-state index contributed by atoms with van der Waals surface area (Å²) < 4.78 is 39.2. The van der Waals surface area contributed by atoms with Crippen molar-refractivity contribution < 1.29 is 13.2 Å². The number of nitrogens with one attached hydrogen (secondary N) is 1. The Labute approximate surface area is 130 Å².